The average molecular weight is 264 g/mol. The van der Waals surface area contributed by atoms with E-state index in [-0.39, 0.29) is 17.4 Å². The lowest BCUT2D eigenvalue weighted by atomic mass is 10.1. The van der Waals surface area contributed by atoms with E-state index < -0.39 is 4.92 Å². The Labute approximate surface area is 108 Å². The number of alkyl halides is 1. The Morgan fingerprint density at radius 3 is 2.56 bits per heavy atom. The Kier molecular flexibility index (Phi) is 3.43. The molecule has 0 atom stereocenters. The van der Waals surface area contributed by atoms with Crippen molar-refractivity contribution < 1.29 is 4.92 Å². The number of nitro groups is 1. The molecule has 0 fully saturated rings. The van der Waals surface area contributed by atoms with Gasteiger partial charge in [-0.25, -0.2) is 4.99 Å². The molecule has 0 amide bonds. The first-order chi connectivity index (χ1) is 8.63. The minimum absolute atomic E-state index is 0.0500. The smallest absolute Gasteiger partial charge is 0.277 e. The van der Waals surface area contributed by atoms with E-state index in [1.807, 2.05) is 0 Å². The molecule has 0 aliphatic rings. The van der Waals surface area contributed by atoms with Gasteiger partial charge in [-0.2, -0.15) is 0 Å². The highest BCUT2D eigenvalue weighted by molar-refractivity contribution is 6.28. The van der Waals surface area contributed by atoms with Crippen LogP contribution in [0.2, 0.25) is 0 Å². The summed E-state index contributed by atoms with van der Waals surface area (Å²) in [6.45, 7) is 0. The number of rotatable bonds is 3. The summed E-state index contributed by atoms with van der Waals surface area (Å²) in [5.74, 6) is 0.390. The molecular weight excluding hydrogens is 254 g/mol. The van der Waals surface area contributed by atoms with E-state index in [9.17, 15) is 10.1 Å². The first-order valence-electron chi connectivity index (χ1n) is 5.18. The van der Waals surface area contributed by atoms with E-state index >= 15 is 0 Å². The maximum absolute atomic E-state index is 10.9. The number of nitrogens with zero attached hydrogens (tertiary/aromatic N) is 2. The lowest BCUT2D eigenvalue weighted by Gasteiger charge is -2.03. The Morgan fingerprint density at radius 2 is 1.94 bits per heavy atom. The quantitative estimate of drug-likeness (QED) is 0.304. The summed E-state index contributed by atoms with van der Waals surface area (Å²) in [6, 6.07) is 9.98. The largest absolute Gasteiger partial charge is 0.386 e. The third-order valence-corrected chi connectivity index (χ3v) is 2.75. The second-order valence-electron chi connectivity index (χ2n) is 3.64. The molecule has 2 rings (SSSR count). The van der Waals surface area contributed by atoms with Crippen LogP contribution in [0.25, 0.3) is 10.8 Å². The molecule has 0 spiro atoms. The van der Waals surface area contributed by atoms with E-state index in [2.05, 4.69) is 4.99 Å². The van der Waals surface area contributed by atoms with Crippen LogP contribution in [0.4, 0.5) is 11.4 Å². The van der Waals surface area contributed by atoms with Gasteiger partial charge in [-0.3, -0.25) is 10.1 Å². The van der Waals surface area contributed by atoms with Crippen LogP contribution in [-0.2, 0) is 0 Å². The molecule has 0 aromatic heterocycles. The molecule has 0 radical (unpaired) electrons. The van der Waals surface area contributed by atoms with Gasteiger partial charge < -0.3 is 5.73 Å². The van der Waals surface area contributed by atoms with Crippen LogP contribution in [0, 0.1) is 10.1 Å². The second-order valence-corrected chi connectivity index (χ2v) is 3.91. The fourth-order valence-corrected chi connectivity index (χ4v) is 1.77. The molecule has 0 saturated carbocycles. The van der Waals surface area contributed by atoms with Crippen molar-refractivity contribution in [3.63, 3.8) is 0 Å². The van der Waals surface area contributed by atoms with Crippen LogP contribution < -0.4 is 5.73 Å². The van der Waals surface area contributed by atoms with Crippen molar-refractivity contribution in [2.24, 2.45) is 10.7 Å². The van der Waals surface area contributed by atoms with Crippen molar-refractivity contribution in [3.8, 4) is 0 Å². The number of fused-ring (bicyclic) bond motifs is 1. The van der Waals surface area contributed by atoms with Gasteiger partial charge in [-0.15, -0.1) is 11.6 Å². The van der Waals surface area contributed by atoms with Gasteiger partial charge >= 0.3 is 0 Å². The number of nitrogens with two attached hydrogens (primary N) is 1. The number of halogens is 1. The Bertz CT molecular complexity index is 640. The van der Waals surface area contributed by atoms with Gasteiger partial charge in [-0.1, -0.05) is 18.2 Å². The van der Waals surface area contributed by atoms with E-state index in [0.29, 0.717) is 16.5 Å². The van der Waals surface area contributed by atoms with Gasteiger partial charge in [0.15, 0.2) is 0 Å². The fraction of sp³-hybridized carbons (Fsp3) is 0.0833. The summed E-state index contributed by atoms with van der Waals surface area (Å²) in [5, 5.41) is 12.1. The minimum atomic E-state index is -0.416. The molecule has 0 bridgehead atoms. The van der Waals surface area contributed by atoms with E-state index in [1.54, 1.807) is 30.3 Å². The van der Waals surface area contributed by atoms with Crippen molar-refractivity contribution in [2.75, 3.05) is 5.88 Å². The lowest BCUT2D eigenvalue weighted by Crippen LogP contribution is -2.12. The standard InChI is InChI=1S/C12H10ClN3O2/c13-7-12(14)15-10-5-6-11(16(17)18)9-4-2-1-3-8(9)10/h1-6H,7H2,(H2,14,15). The number of nitro benzene ring substituents is 1. The molecule has 0 unspecified atom stereocenters. The minimum Gasteiger partial charge on any atom is -0.386 e. The zero-order valence-corrected chi connectivity index (χ0v) is 10.1. The molecule has 6 heteroatoms. The van der Waals surface area contributed by atoms with Gasteiger partial charge in [0.1, 0.15) is 5.84 Å². The predicted octanol–water partition coefficient (Wildman–Crippen LogP) is 2.98. The molecule has 2 N–H and O–H groups in total. The first kappa shape index (κ1) is 12.3. The third-order valence-electron chi connectivity index (χ3n) is 2.48. The zero-order chi connectivity index (χ0) is 13.1. The molecule has 0 aliphatic heterocycles. The normalized spacial score (nSPS) is 11.7. The van der Waals surface area contributed by atoms with Gasteiger partial charge in [0.05, 0.1) is 21.9 Å². The maximum Gasteiger partial charge on any atom is 0.277 e. The summed E-state index contributed by atoms with van der Waals surface area (Å²) in [7, 11) is 0. The van der Waals surface area contributed by atoms with Crippen LogP contribution in [0.1, 0.15) is 0 Å². The number of hydrogen-bond donors (Lipinski definition) is 1. The molecule has 92 valence electrons. The Hall–Kier alpha value is -2.14. The molecule has 0 aliphatic carbocycles. The summed E-state index contributed by atoms with van der Waals surface area (Å²) >= 11 is 5.57. The Balaban J connectivity index is 2.72. The number of amidine groups is 1. The lowest BCUT2D eigenvalue weighted by molar-refractivity contribution is -0.383. The number of benzene rings is 2. The Morgan fingerprint density at radius 1 is 1.28 bits per heavy atom. The van der Waals surface area contributed by atoms with Crippen molar-refractivity contribution in [2.45, 2.75) is 0 Å². The topological polar surface area (TPSA) is 81.5 Å². The summed E-state index contributed by atoms with van der Waals surface area (Å²) in [4.78, 5) is 14.7. The van der Waals surface area contributed by atoms with Gasteiger partial charge in [0.25, 0.3) is 5.69 Å². The second kappa shape index (κ2) is 5.01. The third kappa shape index (κ3) is 2.26. The van der Waals surface area contributed by atoms with E-state index in [0.717, 1.165) is 0 Å². The van der Waals surface area contributed by atoms with Crippen molar-refractivity contribution in [3.05, 3.63) is 46.5 Å². The van der Waals surface area contributed by atoms with Crippen LogP contribution in [-0.4, -0.2) is 16.6 Å². The van der Waals surface area contributed by atoms with E-state index in [1.165, 1.54) is 6.07 Å². The monoisotopic (exact) mass is 263 g/mol. The van der Waals surface area contributed by atoms with Crippen molar-refractivity contribution in [1.29, 1.82) is 0 Å². The molecule has 18 heavy (non-hydrogen) atoms. The highest BCUT2D eigenvalue weighted by atomic mass is 35.5. The molecule has 5 nitrogen and oxygen atoms in total. The average Bonchev–Trinajstić information content (AvgIpc) is 2.38. The van der Waals surface area contributed by atoms with E-state index in [4.69, 9.17) is 17.3 Å². The molecule has 0 heterocycles. The summed E-state index contributed by atoms with van der Waals surface area (Å²) < 4.78 is 0. The molecule has 0 saturated heterocycles. The van der Waals surface area contributed by atoms with Crippen molar-refractivity contribution >= 4 is 39.6 Å². The van der Waals surface area contributed by atoms with Gasteiger partial charge in [-0.05, 0) is 12.1 Å². The van der Waals surface area contributed by atoms with Gasteiger partial charge in [0.2, 0.25) is 0 Å². The van der Waals surface area contributed by atoms with Crippen LogP contribution in [0.15, 0.2) is 41.4 Å². The highest BCUT2D eigenvalue weighted by Gasteiger charge is 2.13. The maximum atomic E-state index is 10.9. The summed E-state index contributed by atoms with van der Waals surface area (Å²) in [6.07, 6.45) is 0. The van der Waals surface area contributed by atoms with Crippen LogP contribution in [0.3, 0.4) is 0 Å². The number of aliphatic imine (C=N–C) groups is 1. The van der Waals surface area contributed by atoms with Crippen LogP contribution >= 0.6 is 11.6 Å². The highest BCUT2D eigenvalue weighted by Crippen LogP contribution is 2.32. The SMILES string of the molecule is NC(CCl)=Nc1ccc([N+](=O)[O-])c2ccccc12. The molecule has 2 aromatic carbocycles. The van der Waals surface area contributed by atoms with Crippen LogP contribution in [0.5, 0.6) is 0 Å². The summed E-state index contributed by atoms with van der Waals surface area (Å²) in [5.41, 5.74) is 6.21. The molecule has 2 aromatic rings. The van der Waals surface area contributed by atoms with Crippen molar-refractivity contribution in [1.82, 2.24) is 0 Å². The van der Waals surface area contributed by atoms with Gasteiger partial charge in [0, 0.05) is 11.5 Å². The predicted molar refractivity (Wildman–Crippen MR) is 72.6 cm³/mol. The number of non-ortho nitro benzene ring substituents is 1. The fourth-order valence-electron chi connectivity index (χ4n) is 1.71. The molecular formula is C12H10ClN3O2. The first-order valence-corrected chi connectivity index (χ1v) is 5.72. The number of hydrogen-bond acceptors (Lipinski definition) is 3. The zero-order valence-electron chi connectivity index (χ0n) is 9.34.